The van der Waals surface area contributed by atoms with Crippen molar-refractivity contribution in [1.29, 1.82) is 0 Å². The van der Waals surface area contributed by atoms with Crippen LogP contribution in [0.5, 0.6) is 0 Å². The minimum absolute atomic E-state index is 0.791. The first-order chi connectivity index (χ1) is 9.90. The lowest BCUT2D eigenvalue weighted by Crippen LogP contribution is -2.53. The quantitative estimate of drug-likeness (QED) is 0.839. The van der Waals surface area contributed by atoms with E-state index >= 15 is 0 Å². The fourth-order valence-corrected chi connectivity index (χ4v) is 5.28. The highest BCUT2D eigenvalue weighted by Gasteiger charge is 2.39. The van der Waals surface area contributed by atoms with Crippen LogP contribution in [0.3, 0.4) is 0 Å². The van der Waals surface area contributed by atoms with Crippen molar-refractivity contribution in [3.05, 3.63) is 0 Å². The van der Waals surface area contributed by atoms with Gasteiger partial charge in [0.1, 0.15) is 0 Å². The van der Waals surface area contributed by atoms with Gasteiger partial charge in [0.05, 0.1) is 0 Å². The van der Waals surface area contributed by atoms with Crippen molar-refractivity contribution >= 4 is 0 Å². The number of hydrogen-bond donors (Lipinski definition) is 1. The van der Waals surface area contributed by atoms with Gasteiger partial charge in [-0.3, -0.25) is 4.90 Å². The molecule has 0 amide bonds. The van der Waals surface area contributed by atoms with Crippen LogP contribution in [0.4, 0.5) is 0 Å². The maximum atomic E-state index is 6.09. The van der Waals surface area contributed by atoms with E-state index in [1.165, 1.54) is 83.5 Å². The molecule has 0 aliphatic heterocycles. The van der Waals surface area contributed by atoms with Gasteiger partial charge in [-0.25, -0.2) is 0 Å². The Morgan fingerprint density at radius 3 is 1.70 bits per heavy atom. The molecule has 0 bridgehead atoms. The highest BCUT2D eigenvalue weighted by Crippen LogP contribution is 2.38. The average molecular weight is 278 g/mol. The van der Waals surface area contributed by atoms with Gasteiger partial charge in [-0.1, -0.05) is 44.9 Å². The molecule has 2 atom stereocenters. The fraction of sp³-hybridized carbons (Fsp3) is 1.00. The second kappa shape index (κ2) is 7.26. The zero-order chi connectivity index (χ0) is 13.8. The van der Waals surface area contributed by atoms with E-state index in [1.807, 2.05) is 0 Å². The smallest absolute Gasteiger partial charge is 0.0141 e. The van der Waals surface area contributed by atoms with Gasteiger partial charge in [-0.05, 0) is 51.0 Å². The summed E-state index contributed by atoms with van der Waals surface area (Å²) in [6, 6.07) is 2.61. The van der Waals surface area contributed by atoms with Crippen LogP contribution < -0.4 is 5.73 Å². The molecule has 3 rings (SSSR count). The van der Waals surface area contributed by atoms with Crippen molar-refractivity contribution in [3.8, 4) is 0 Å². The Bertz CT molecular complexity index is 261. The molecular weight excluding hydrogens is 244 g/mol. The van der Waals surface area contributed by atoms with Crippen LogP contribution in [0, 0.1) is 5.92 Å². The van der Waals surface area contributed by atoms with Crippen molar-refractivity contribution in [2.24, 2.45) is 11.7 Å². The Morgan fingerprint density at radius 2 is 1.20 bits per heavy atom. The molecule has 0 aromatic carbocycles. The summed E-state index contributed by atoms with van der Waals surface area (Å²) < 4.78 is 0. The Kier molecular flexibility index (Phi) is 5.39. The minimum atomic E-state index is 0.791. The molecule has 3 fully saturated rings. The second-order valence-electron chi connectivity index (χ2n) is 7.52. The van der Waals surface area contributed by atoms with Gasteiger partial charge in [0.2, 0.25) is 0 Å². The van der Waals surface area contributed by atoms with Crippen LogP contribution in [0.1, 0.15) is 83.5 Å². The molecule has 0 aromatic rings. The summed E-state index contributed by atoms with van der Waals surface area (Å²) in [5.74, 6) is 0.791. The van der Waals surface area contributed by atoms with Gasteiger partial charge in [-0.15, -0.1) is 0 Å². The largest absolute Gasteiger partial charge is 0.330 e. The molecule has 0 saturated heterocycles. The number of nitrogens with zero attached hydrogens (tertiary/aromatic N) is 1. The molecule has 3 aliphatic rings. The van der Waals surface area contributed by atoms with Crippen LogP contribution in [-0.2, 0) is 0 Å². The predicted octanol–water partition coefficient (Wildman–Crippen LogP) is 4.08. The second-order valence-corrected chi connectivity index (χ2v) is 7.52. The standard InChI is InChI=1S/C18H34N2/c19-14-15-8-7-13-18(15)20(16-9-3-1-4-10-16)17-11-5-2-6-12-17/h15-18H,1-14,19H2. The summed E-state index contributed by atoms with van der Waals surface area (Å²) in [7, 11) is 0. The predicted molar refractivity (Wildman–Crippen MR) is 85.8 cm³/mol. The molecule has 0 aromatic heterocycles. The van der Waals surface area contributed by atoms with Crippen LogP contribution in [0.15, 0.2) is 0 Å². The van der Waals surface area contributed by atoms with Crippen molar-refractivity contribution in [2.75, 3.05) is 6.54 Å². The monoisotopic (exact) mass is 278 g/mol. The van der Waals surface area contributed by atoms with Gasteiger partial charge in [0.25, 0.3) is 0 Å². The summed E-state index contributed by atoms with van der Waals surface area (Å²) in [5, 5.41) is 0. The van der Waals surface area contributed by atoms with Crippen LogP contribution in [0.25, 0.3) is 0 Å². The van der Waals surface area contributed by atoms with E-state index in [1.54, 1.807) is 0 Å². The van der Waals surface area contributed by atoms with Gasteiger partial charge in [0, 0.05) is 18.1 Å². The van der Waals surface area contributed by atoms with Crippen LogP contribution in [0.2, 0.25) is 0 Å². The summed E-state index contributed by atoms with van der Waals surface area (Å²) in [5.41, 5.74) is 6.09. The summed E-state index contributed by atoms with van der Waals surface area (Å²) >= 11 is 0. The van der Waals surface area contributed by atoms with E-state index in [0.29, 0.717) is 0 Å². The molecule has 0 spiro atoms. The lowest BCUT2D eigenvalue weighted by Gasteiger charge is -2.47. The van der Waals surface area contributed by atoms with Crippen molar-refractivity contribution in [3.63, 3.8) is 0 Å². The minimum Gasteiger partial charge on any atom is -0.330 e. The Labute approximate surface area is 125 Å². The SMILES string of the molecule is NCC1CCCC1N(C1CCCCC1)C1CCCCC1. The van der Waals surface area contributed by atoms with E-state index in [0.717, 1.165) is 30.6 Å². The molecule has 2 N–H and O–H groups in total. The number of rotatable bonds is 4. The lowest BCUT2D eigenvalue weighted by molar-refractivity contribution is 0.0230. The maximum Gasteiger partial charge on any atom is 0.0141 e. The van der Waals surface area contributed by atoms with Crippen molar-refractivity contribution < 1.29 is 0 Å². The summed E-state index contributed by atoms with van der Waals surface area (Å²) in [4.78, 5) is 3.03. The van der Waals surface area contributed by atoms with Crippen LogP contribution >= 0.6 is 0 Å². The molecule has 3 aliphatic carbocycles. The maximum absolute atomic E-state index is 6.09. The highest BCUT2D eigenvalue weighted by atomic mass is 15.2. The van der Waals surface area contributed by atoms with E-state index in [2.05, 4.69) is 4.90 Å². The molecule has 2 heteroatoms. The van der Waals surface area contributed by atoms with Gasteiger partial charge in [0.15, 0.2) is 0 Å². The first-order valence-corrected chi connectivity index (χ1v) is 9.37. The molecule has 3 saturated carbocycles. The highest BCUT2D eigenvalue weighted by molar-refractivity contribution is 4.94. The van der Waals surface area contributed by atoms with E-state index in [9.17, 15) is 0 Å². The third-order valence-corrected chi connectivity index (χ3v) is 6.30. The average Bonchev–Trinajstić information content (AvgIpc) is 2.98. The summed E-state index contributed by atoms with van der Waals surface area (Å²) in [6.07, 6.45) is 18.9. The van der Waals surface area contributed by atoms with E-state index in [4.69, 9.17) is 5.73 Å². The molecular formula is C18H34N2. The van der Waals surface area contributed by atoms with E-state index < -0.39 is 0 Å². The Morgan fingerprint density at radius 1 is 0.650 bits per heavy atom. The first-order valence-electron chi connectivity index (χ1n) is 9.37. The molecule has 20 heavy (non-hydrogen) atoms. The Hall–Kier alpha value is -0.0800. The summed E-state index contributed by atoms with van der Waals surface area (Å²) in [6.45, 7) is 0.917. The molecule has 2 unspecified atom stereocenters. The normalized spacial score (nSPS) is 33.9. The van der Waals surface area contributed by atoms with Crippen molar-refractivity contribution in [1.82, 2.24) is 4.90 Å². The Balaban J connectivity index is 1.74. The zero-order valence-electron chi connectivity index (χ0n) is 13.2. The van der Waals surface area contributed by atoms with E-state index in [-0.39, 0.29) is 0 Å². The van der Waals surface area contributed by atoms with Gasteiger partial charge >= 0.3 is 0 Å². The third-order valence-electron chi connectivity index (χ3n) is 6.30. The molecule has 116 valence electrons. The third kappa shape index (κ3) is 3.22. The molecule has 0 radical (unpaired) electrons. The molecule has 2 nitrogen and oxygen atoms in total. The van der Waals surface area contributed by atoms with Gasteiger partial charge < -0.3 is 5.73 Å². The lowest BCUT2D eigenvalue weighted by atomic mass is 9.85. The fourth-order valence-electron chi connectivity index (χ4n) is 5.28. The van der Waals surface area contributed by atoms with Crippen LogP contribution in [-0.4, -0.2) is 29.6 Å². The van der Waals surface area contributed by atoms with Gasteiger partial charge in [-0.2, -0.15) is 0 Å². The van der Waals surface area contributed by atoms with Crippen molar-refractivity contribution in [2.45, 2.75) is 102 Å². The molecule has 0 heterocycles. The number of hydrogen-bond acceptors (Lipinski definition) is 2. The first kappa shape index (κ1) is 14.8. The topological polar surface area (TPSA) is 29.3 Å². The zero-order valence-corrected chi connectivity index (χ0v) is 13.2. The number of nitrogens with two attached hydrogens (primary N) is 1.